The molecule has 4 heteroatoms. The van der Waals surface area contributed by atoms with Crippen LogP contribution in [0.25, 0.3) is 0 Å². The summed E-state index contributed by atoms with van der Waals surface area (Å²) in [5.41, 5.74) is 0.772. The number of amides is 1. The smallest absolute Gasteiger partial charge is 0.252 e. The van der Waals surface area contributed by atoms with Crippen molar-refractivity contribution in [3.8, 4) is 0 Å². The molecule has 1 aromatic rings. The Morgan fingerprint density at radius 2 is 2.00 bits per heavy atom. The normalized spacial score (nSPS) is 18.0. The van der Waals surface area contributed by atoms with Crippen LogP contribution in [0.1, 0.15) is 36.5 Å². The molecule has 1 amide bonds. The molecule has 19 heavy (non-hydrogen) atoms. The number of hydrogen-bond donors (Lipinski definition) is 1. The van der Waals surface area contributed by atoms with E-state index in [1.54, 1.807) is 0 Å². The van der Waals surface area contributed by atoms with Gasteiger partial charge in [0.2, 0.25) is 0 Å². The van der Waals surface area contributed by atoms with Crippen LogP contribution in [-0.4, -0.2) is 36.5 Å². The summed E-state index contributed by atoms with van der Waals surface area (Å²) in [4.78, 5) is 14.6. The first-order chi connectivity index (χ1) is 9.18. The van der Waals surface area contributed by atoms with E-state index in [0.29, 0.717) is 6.04 Å². The third-order valence-corrected chi connectivity index (χ3v) is 4.63. The first-order valence-corrected chi connectivity index (χ1v) is 8.03. The van der Waals surface area contributed by atoms with E-state index in [2.05, 4.69) is 39.7 Å². The highest BCUT2D eigenvalue weighted by atomic mass is 127. The Morgan fingerprint density at radius 3 is 2.68 bits per heavy atom. The lowest BCUT2D eigenvalue weighted by Crippen LogP contribution is -2.44. The molecule has 1 N–H and O–H groups in total. The molecule has 1 heterocycles. The van der Waals surface area contributed by atoms with Gasteiger partial charge in [0.05, 0.1) is 5.56 Å². The highest BCUT2D eigenvalue weighted by Gasteiger charge is 2.17. The highest BCUT2D eigenvalue weighted by Crippen LogP contribution is 2.13. The number of carbonyl (C=O) groups excluding carboxylic acids is 1. The molecule has 1 aliphatic heterocycles. The Morgan fingerprint density at radius 1 is 1.32 bits per heavy atom. The second-order valence-corrected chi connectivity index (χ2v) is 6.30. The Labute approximate surface area is 128 Å². The van der Waals surface area contributed by atoms with Gasteiger partial charge in [0.1, 0.15) is 0 Å². The van der Waals surface area contributed by atoms with Gasteiger partial charge >= 0.3 is 0 Å². The van der Waals surface area contributed by atoms with E-state index in [0.717, 1.165) is 15.7 Å². The molecule has 1 aromatic carbocycles. The summed E-state index contributed by atoms with van der Waals surface area (Å²) in [5, 5.41) is 3.05. The fraction of sp³-hybridized carbons (Fsp3) is 0.533. The number of carbonyl (C=O) groups is 1. The van der Waals surface area contributed by atoms with Crippen molar-refractivity contribution < 1.29 is 4.79 Å². The van der Waals surface area contributed by atoms with Crippen LogP contribution in [0, 0.1) is 3.57 Å². The van der Waals surface area contributed by atoms with Gasteiger partial charge in [0.15, 0.2) is 0 Å². The van der Waals surface area contributed by atoms with E-state index in [1.807, 2.05) is 24.3 Å². The van der Waals surface area contributed by atoms with Crippen molar-refractivity contribution in [3.63, 3.8) is 0 Å². The predicted octanol–water partition coefficient (Wildman–Crippen LogP) is 2.90. The fourth-order valence-electron chi connectivity index (χ4n) is 2.47. The van der Waals surface area contributed by atoms with Gasteiger partial charge in [0, 0.05) is 16.2 Å². The van der Waals surface area contributed by atoms with E-state index in [-0.39, 0.29) is 5.91 Å². The van der Waals surface area contributed by atoms with Crippen molar-refractivity contribution in [2.75, 3.05) is 19.6 Å². The molecule has 0 bridgehead atoms. The second kappa shape index (κ2) is 7.24. The van der Waals surface area contributed by atoms with Crippen LogP contribution < -0.4 is 5.32 Å². The van der Waals surface area contributed by atoms with Crippen molar-refractivity contribution in [2.45, 2.75) is 32.2 Å². The number of nitrogens with one attached hydrogen (secondary N) is 1. The van der Waals surface area contributed by atoms with Crippen LogP contribution >= 0.6 is 22.6 Å². The van der Waals surface area contributed by atoms with E-state index in [1.165, 1.54) is 32.4 Å². The standard InChI is InChI=1S/C15H21IN2O/c1-12(18-9-5-2-6-10-18)11-17-15(19)13-7-3-4-8-14(13)16/h3-4,7-8,12H,2,5-6,9-11H2,1H3,(H,17,19). The monoisotopic (exact) mass is 372 g/mol. The minimum absolute atomic E-state index is 0.0360. The lowest BCUT2D eigenvalue weighted by Gasteiger charge is -2.32. The molecule has 1 unspecified atom stereocenters. The van der Waals surface area contributed by atoms with E-state index in [9.17, 15) is 4.79 Å². The topological polar surface area (TPSA) is 32.3 Å². The van der Waals surface area contributed by atoms with Gasteiger partial charge < -0.3 is 5.32 Å². The van der Waals surface area contributed by atoms with Crippen LogP contribution in [-0.2, 0) is 0 Å². The SMILES string of the molecule is CC(CNC(=O)c1ccccc1I)N1CCCCC1. The molecule has 0 radical (unpaired) electrons. The van der Waals surface area contributed by atoms with E-state index < -0.39 is 0 Å². The Bertz CT molecular complexity index is 430. The van der Waals surface area contributed by atoms with Crippen LogP contribution in [0.15, 0.2) is 24.3 Å². The average molecular weight is 372 g/mol. The van der Waals surface area contributed by atoms with Crippen molar-refractivity contribution in [1.29, 1.82) is 0 Å². The van der Waals surface area contributed by atoms with Gasteiger partial charge in [-0.15, -0.1) is 0 Å². The maximum Gasteiger partial charge on any atom is 0.252 e. The van der Waals surface area contributed by atoms with Crippen LogP contribution in [0.3, 0.4) is 0 Å². The summed E-state index contributed by atoms with van der Waals surface area (Å²) in [6.45, 7) is 5.26. The van der Waals surface area contributed by atoms with Gasteiger partial charge in [-0.2, -0.15) is 0 Å². The molecule has 0 saturated carbocycles. The third-order valence-electron chi connectivity index (χ3n) is 3.69. The molecule has 0 spiro atoms. The molecule has 1 fully saturated rings. The zero-order valence-electron chi connectivity index (χ0n) is 11.4. The molecule has 3 nitrogen and oxygen atoms in total. The van der Waals surface area contributed by atoms with E-state index >= 15 is 0 Å². The zero-order chi connectivity index (χ0) is 13.7. The summed E-state index contributed by atoms with van der Waals surface area (Å²) < 4.78 is 1.00. The van der Waals surface area contributed by atoms with Gasteiger partial charge in [-0.3, -0.25) is 9.69 Å². The zero-order valence-corrected chi connectivity index (χ0v) is 13.5. The number of hydrogen-bond acceptors (Lipinski definition) is 2. The van der Waals surface area contributed by atoms with Crippen LogP contribution in [0.5, 0.6) is 0 Å². The first kappa shape index (κ1) is 14.8. The van der Waals surface area contributed by atoms with Crippen molar-refractivity contribution in [3.05, 3.63) is 33.4 Å². The molecule has 0 aromatic heterocycles. The number of halogens is 1. The molecule has 0 aliphatic carbocycles. The van der Waals surface area contributed by atoms with E-state index in [4.69, 9.17) is 0 Å². The lowest BCUT2D eigenvalue weighted by molar-refractivity contribution is 0.0929. The lowest BCUT2D eigenvalue weighted by atomic mass is 10.1. The Hall–Kier alpha value is -0.620. The third kappa shape index (κ3) is 4.18. The minimum Gasteiger partial charge on any atom is -0.350 e. The number of benzene rings is 1. The number of nitrogens with zero attached hydrogens (tertiary/aromatic N) is 1. The first-order valence-electron chi connectivity index (χ1n) is 6.95. The summed E-state index contributed by atoms with van der Waals surface area (Å²) in [7, 11) is 0. The van der Waals surface area contributed by atoms with Gasteiger partial charge in [0.25, 0.3) is 5.91 Å². The highest BCUT2D eigenvalue weighted by molar-refractivity contribution is 14.1. The minimum atomic E-state index is 0.0360. The second-order valence-electron chi connectivity index (χ2n) is 5.14. The summed E-state index contributed by atoms with van der Waals surface area (Å²) in [6, 6.07) is 8.12. The van der Waals surface area contributed by atoms with Gasteiger partial charge in [-0.05, 0) is 67.6 Å². The summed E-state index contributed by atoms with van der Waals surface area (Å²) in [6.07, 6.45) is 3.92. The Kier molecular flexibility index (Phi) is 5.63. The summed E-state index contributed by atoms with van der Waals surface area (Å²) in [5.74, 6) is 0.0360. The van der Waals surface area contributed by atoms with Crippen molar-refractivity contribution >= 4 is 28.5 Å². The molecular weight excluding hydrogens is 351 g/mol. The Balaban J connectivity index is 1.84. The molecular formula is C15H21IN2O. The number of piperidine rings is 1. The van der Waals surface area contributed by atoms with Crippen molar-refractivity contribution in [1.82, 2.24) is 10.2 Å². The summed E-state index contributed by atoms with van der Waals surface area (Å²) >= 11 is 2.20. The van der Waals surface area contributed by atoms with Crippen molar-refractivity contribution in [2.24, 2.45) is 0 Å². The van der Waals surface area contributed by atoms with Gasteiger partial charge in [-0.25, -0.2) is 0 Å². The number of rotatable bonds is 4. The number of likely N-dealkylation sites (tertiary alicyclic amines) is 1. The predicted molar refractivity (Wildman–Crippen MR) is 86.4 cm³/mol. The molecule has 1 saturated heterocycles. The van der Waals surface area contributed by atoms with Crippen LogP contribution in [0.4, 0.5) is 0 Å². The molecule has 1 aliphatic rings. The van der Waals surface area contributed by atoms with Crippen LogP contribution in [0.2, 0.25) is 0 Å². The quantitative estimate of drug-likeness (QED) is 0.825. The maximum atomic E-state index is 12.1. The fourth-order valence-corrected chi connectivity index (χ4v) is 3.10. The molecule has 104 valence electrons. The van der Waals surface area contributed by atoms with Gasteiger partial charge in [-0.1, -0.05) is 18.6 Å². The largest absolute Gasteiger partial charge is 0.350 e. The maximum absolute atomic E-state index is 12.1. The average Bonchev–Trinajstić information content (AvgIpc) is 2.46. The molecule has 1 atom stereocenters. The molecule has 2 rings (SSSR count).